The van der Waals surface area contributed by atoms with E-state index in [1.54, 1.807) is 24.3 Å². The molecular formula is C21H25ClF2N4O2S. The van der Waals surface area contributed by atoms with Crippen LogP contribution in [0.25, 0.3) is 0 Å². The van der Waals surface area contributed by atoms with Crippen molar-refractivity contribution >= 4 is 38.9 Å². The van der Waals surface area contributed by atoms with E-state index in [9.17, 15) is 17.2 Å². The highest BCUT2D eigenvalue weighted by Gasteiger charge is 2.33. The van der Waals surface area contributed by atoms with Gasteiger partial charge in [0.05, 0.1) is 22.1 Å². The van der Waals surface area contributed by atoms with Gasteiger partial charge in [0.25, 0.3) is 0 Å². The van der Waals surface area contributed by atoms with E-state index in [1.165, 1.54) is 10.4 Å². The second-order valence-electron chi connectivity index (χ2n) is 7.93. The second kappa shape index (κ2) is 9.28. The number of piperidine rings is 1. The van der Waals surface area contributed by atoms with Gasteiger partial charge < -0.3 is 5.32 Å². The van der Waals surface area contributed by atoms with Gasteiger partial charge in [-0.25, -0.2) is 8.78 Å². The molecule has 6 nitrogen and oxygen atoms in total. The maximum Gasteiger partial charge on any atom is 0.301 e. The Labute approximate surface area is 186 Å². The zero-order valence-electron chi connectivity index (χ0n) is 17.0. The first-order valence-corrected chi connectivity index (χ1v) is 12.2. The van der Waals surface area contributed by atoms with E-state index < -0.39 is 21.8 Å². The van der Waals surface area contributed by atoms with E-state index in [4.69, 9.17) is 11.6 Å². The summed E-state index contributed by atoms with van der Waals surface area (Å²) in [6.07, 6.45) is 4.00. The molecule has 0 amide bonds. The molecule has 31 heavy (non-hydrogen) atoms. The number of benzene rings is 2. The highest BCUT2D eigenvalue weighted by molar-refractivity contribution is 7.90. The van der Waals surface area contributed by atoms with Crippen molar-refractivity contribution in [3.05, 3.63) is 53.1 Å². The normalized spacial score (nSPS) is 20.7. The Morgan fingerprint density at radius 1 is 1.00 bits per heavy atom. The summed E-state index contributed by atoms with van der Waals surface area (Å²) < 4.78 is 58.3. The van der Waals surface area contributed by atoms with Crippen molar-refractivity contribution in [3.63, 3.8) is 0 Å². The average Bonchev–Trinajstić information content (AvgIpc) is 3.28. The monoisotopic (exact) mass is 470 g/mol. The molecule has 2 aromatic carbocycles. The van der Waals surface area contributed by atoms with Crippen molar-refractivity contribution in [3.8, 4) is 0 Å². The largest absolute Gasteiger partial charge is 0.352 e. The summed E-state index contributed by atoms with van der Waals surface area (Å²) in [7, 11) is -3.91. The zero-order chi connectivity index (χ0) is 22.0. The molecule has 2 aliphatic rings. The van der Waals surface area contributed by atoms with Crippen LogP contribution in [0.15, 0.2) is 36.4 Å². The predicted molar refractivity (Wildman–Crippen MR) is 119 cm³/mol. The summed E-state index contributed by atoms with van der Waals surface area (Å²) in [5.41, 5.74) is 0.114. The molecule has 1 atom stereocenters. The number of hydrogen-bond acceptors (Lipinski definition) is 4. The molecule has 1 unspecified atom stereocenters. The van der Waals surface area contributed by atoms with Crippen LogP contribution in [0.4, 0.5) is 25.8 Å². The summed E-state index contributed by atoms with van der Waals surface area (Å²) in [4.78, 5) is 2.34. The Morgan fingerprint density at radius 2 is 1.74 bits per heavy atom. The molecule has 2 saturated heterocycles. The van der Waals surface area contributed by atoms with Gasteiger partial charge in [0.2, 0.25) is 0 Å². The summed E-state index contributed by atoms with van der Waals surface area (Å²) >= 11 is 6.08. The molecule has 0 bridgehead atoms. The van der Waals surface area contributed by atoms with Crippen LogP contribution < -0.4 is 10.0 Å². The number of rotatable bonds is 6. The lowest BCUT2D eigenvalue weighted by atomic mass is 10.1. The van der Waals surface area contributed by atoms with Gasteiger partial charge in [-0.1, -0.05) is 23.7 Å². The Kier molecular flexibility index (Phi) is 6.66. The van der Waals surface area contributed by atoms with E-state index in [0.29, 0.717) is 23.8 Å². The van der Waals surface area contributed by atoms with Crippen LogP contribution in [-0.4, -0.2) is 49.8 Å². The van der Waals surface area contributed by atoms with Gasteiger partial charge in [-0.15, -0.1) is 0 Å². The van der Waals surface area contributed by atoms with Crippen LogP contribution in [0, 0.1) is 11.6 Å². The quantitative estimate of drug-likeness (QED) is 0.648. The first-order valence-electron chi connectivity index (χ1n) is 10.4. The number of nitrogens with one attached hydrogen (secondary N) is 2. The van der Waals surface area contributed by atoms with Crippen LogP contribution in [-0.2, 0) is 10.2 Å². The molecule has 2 heterocycles. The van der Waals surface area contributed by atoms with Crippen LogP contribution in [0.3, 0.4) is 0 Å². The fraction of sp³-hybridized carbons (Fsp3) is 0.429. The Bertz CT molecular complexity index is 1050. The summed E-state index contributed by atoms with van der Waals surface area (Å²) in [6, 6.07) is 8.88. The SMILES string of the molecule is O=S(=O)(Nc1cc(F)c(F)c(Nc2ccccc2Cl)c1)N1CCCC(N2CCCC2)C1. The molecule has 10 heteroatoms. The van der Waals surface area contributed by atoms with E-state index >= 15 is 0 Å². The third-order valence-electron chi connectivity index (χ3n) is 5.77. The molecule has 4 rings (SSSR count). The Hall–Kier alpha value is -1.94. The third-order valence-corrected chi connectivity index (χ3v) is 7.61. The molecule has 2 N–H and O–H groups in total. The summed E-state index contributed by atoms with van der Waals surface area (Å²) in [5, 5.41) is 3.06. The number of likely N-dealkylation sites (tertiary alicyclic amines) is 1. The van der Waals surface area contributed by atoms with Gasteiger partial charge in [0, 0.05) is 25.2 Å². The lowest BCUT2D eigenvalue weighted by molar-refractivity contribution is 0.163. The minimum atomic E-state index is -3.91. The smallest absolute Gasteiger partial charge is 0.301 e. The first-order chi connectivity index (χ1) is 14.8. The topological polar surface area (TPSA) is 64.7 Å². The van der Waals surface area contributed by atoms with E-state index in [1.807, 2.05) is 0 Å². The Morgan fingerprint density at radius 3 is 2.48 bits per heavy atom. The van der Waals surface area contributed by atoms with Crippen molar-refractivity contribution in [2.24, 2.45) is 0 Å². The minimum absolute atomic E-state index is 0.0586. The molecule has 0 saturated carbocycles. The van der Waals surface area contributed by atoms with E-state index in [0.717, 1.165) is 44.8 Å². The van der Waals surface area contributed by atoms with E-state index in [2.05, 4.69) is 14.9 Å². The van der Waals surface area contributed by atoms with Crippen LogP contribution in [0.5, 0.6) is 0 Å². The fourth-order valence-corrected chi connectivity index (χ4v) is 5.67. The predicted octanol–water partition coefficient (Wildman–Crippen LogP) is 4.58. The molecule has 0 spiro atoms. The van der Waals surface area contributed by atoms with Crippen LogP contribution in [0.1, 0.15) is 25.7 Å². The number of para-hydroxylation sites is 1. The highest BCUT2D eigenvalue weighted by atomic mass is 35.5. The van der Waals surface area contributed by atoms with Gasteiger partial charge in [0.15, 0.2) is 11.6 Å². The van der Waals surface area contributed by atoms with Gasteiger partial charge in [-0.3, -0.25) is 9.62 Å². The molecule has 168 valence electrons. The lowest BCUT2D eigenvalue weighted by Gasteiger charge is -2.36. The molecule has 0 aliphatic carbocycles. The van der Waals surface area contributed by atoms with Crippen LogP contribution >= 0.6 is 11.6 Å². The molecule has 0 radical (unpaired) electrons. The standard InChI is InChI=1S/C21H25ClF2N4O2S/c22-17-7-1-2-8-19(17)25-20-13-15(12-18(23)21(20)24)26-31(29,30)28-11-5-6-16(14-28)27-9-3-4-10-27/h1-2,7-8,12-13,16,25-26H,3-6,9-11,14H2. The molecular weight excluding hydrogens is 446 g/mol. The number of nitrogens with zero attached hydrogens (tertiary/aromatic N) is 2. The summed E-state index contributed by atoms with van der Waals surface area (Å²) in [6.45, 7) is 2.77. The van der Waals surface area contributed by atoms with Crippen LogP contribution in [0.2, 0.25) is 5.02 Å². The minimum Gasteiger partial charge on any atom is -0.352 e. The number of halogens is 3. The molecule has 0 aromatic heterocycles. The second-order valence-corrected chi connectivity index (χ2v) is 10.0. The Balaban J connectivity index is 1.52. The maximum absolute atomic E-state index is 14.3. The van der Waals surface area contributed by atoms with Gasteiger partial charge in [-0.2, -0.15) is 12.7 Å². The average molecular weight is 471 g/mol. The van der Waals surface area contributed by atoms with Gasteiger partial charge in [0.1, 0.15) is 0 Å². The summed E-state index contributed by atoms with van der Waals surface area (Å²) in [5.74, 6) is -2.28. The fourth-order valence-electron chi connectivity index (χ4n) is 4.20. The molecule has 2 aliphatic heterocycles. The van der Waals surface area contributed by atoms with Crippen molar-refractivity contribution in [1.29, 1.82) is 0 Å². The molecule has 2 fully saturated rings. The van der Waals surface area contributed by atoms with Crippen molar-refractivity contribution in [2.75, 3.05) is 36.2 Å². The van der Waals surface area contributed by atoms with E-state index in [-0.39, 0.29) is 17.4 Å². The van der Waals surface area contributed by atoms with Gasteiger partial charge >= 0.3 is 10.2 Å². The van der Waals surface area contributed by atoms with Crippen molar-refractivity contribution < 1.29 is 17.2 Å². The zero-order valence-corrected chi connectivity index (χ0v) is 18.5. The molecule has 2 aromatic rings. The third kappa shape index (κ3) is 5.11. The maximum atomic E-state index is 14.3. The first kappa shape index (κ1) is 22.3. The van der Waals surface area contributed by atoms with Crippen molar-refractivity contribution in [1.82, 2.24) is 9.21 Å². The van der Waals surface area contributed by atoms with Gasteiger partial charge in [-0.05, 0) is 57.0 Å². The van der Waals surface area contributed by atoms with Crippen molar-refractivity contribution in [2.45, 2.75) is 31.7 Å². The lowest BCUT2D eigenvalue weighted by Crippen LogP contribution is -2.50. The number of hydrogen-bond donors (Lipinski definition) is 2. The highest BCUT2D eigenvalue weighted by Crippen LogP contribution is 2.31. The number of anilines is 3.